The molecule has 1 amide bonds. The van der Waals surface area contributed by atoms with Gasteiger partial charge in [-0.15, -0.1) is 5.10 Å². The van der Waals surface area contributed by atoms with E-state index in [1.807, 2.05) is 0 Å². The molecule has 0 saturated carbocycles. The minimum absolute atomic E-state index is 0.264. The van der Waals surface area contributed by atoms with Crippen molar-refractivity contribution < 1.29 is 4.79 Å². The van der Waals surface area contributed by atoms with Crippen LogP contribution in [0.2, 0.25) is 0 Å². The number of unbranched alkanes of at least 4 members (excludes halogenated alkanes) is 3. The molecule has 0 atom stereocenters. The molecule has 102 valence electrons. The van der Waals surface area contributed by atoms with Crippen LogP contribution in [0.5, 0.6) is 0 Å². The molecular formula is C12H17N5O2. The summed E-state index contributed by atoms with van der Waals surface area (Å²) in [5.41, 5.74) is 0.541. The number of carbonyl (C=O) groups excluding carboxylic acids is 1. The highest BCUT2D eigenvalue weighted by atomic mass is 16.2. The molecule has 7 nitrogen and oxygen atoms in total. The van der Waals surface area contributed by atoms with Crippen molar-refractivity contribution in [2.75, 3.05) is 6.54 Å². The van der Waals surface area contributed by atoms with Crippen molar-refractivity contribution in [1.29, 1.82) is 0 Å². The van der Waals surface area contributed by atoms with Crippen LogP contribution >= 0.6 is 0 Å². The number of aromatic nitrogens is 4. The largest absolute Gasteiger partial charge is 0.344 e. The van der Waals surface area contributed by atoms with E-state index in [9.17, 15) is 9.59 Å². The van der Waals surface area contributed by atoms with Crippen molar-refractivity contribution in [1.82, 2.24) is 25.3 Å². The molecule has 19 heavy (non-hydrogen) atoms. The zero-order valence-electron chi connectivity index (χ0n) is 10.8. The van der Waals surface area contributed by atoms with Crippen molar-refractivity contribution in [3.05, 3.63) is 22.5 Å². The fourth-order valence-electron chi connectivity index (χ4n) is 1.81. The highest BCUT2D eigenvalue weighted by molar-refractivity contribution is 5.85. The zero-order valence-corrected chi connectivity index (χ0v) is 10.8. The van der Waals surface area contributed by atoms with Crippen LogP contribution in [0.1, 0.15) is 32.6 Å². The van der Waals surface area contributed by atoms with E-state index in [2.05, 4.69) is 27.5 Å². The van der Waals surface area contributed by atoms with Crippen LogP contribution in [0.3, 0.4) is 0 Å². The molecule has 2 heterocycles. The number of H-pyrrole nitrogens is 1. The van der Waals surface area contributed by atoms with E-state index >= 15 is 0 Å². The Morgan fingerprint density at radius 3 is 3.00 bits per heavy atom. The summed E-state index contributed by atoms with van der Waals surface area (Å²) >= 11 is 0. The molecule has 0 aliphatic heterocycles. The summed E-state index contributed by atoms with van der Waals surface area (Å²) < 4.78 is 1.16. The number of aromatic amines is 1. The third-order valence-electron chi connectivity index (χ3n) is 2.84. The summed E-state index contributed by atoms with van der Waals surface area (Å²) in [5, 5.41) is 10.3. The number of pyridine rings is 1. The molecule has 0 radical (unpaired) electrons. The topological polar surface area (TPSA) is 92.7 Å². The average molecular weight is 263 g/mol. The highest BCUT2D eigenvalue weighted by Gasteiger charge is 2.11. The lowest BCUT2D eigenvalue weighted by Crippen LogP contribution is -2.30. The first-order valence-corrected chi connectivity index (χ1v) is 6.45. The second kappa shape index (κ2) is 6.12. The zero-order chi connectivity index (χ0) is 13.7. The Morgan fingerprint density at radius 2 is 2.21 bits per heavy atom. The van der Waals surface area contributed by atoms with Gasteiger partial charge in [-0.25, -0.2) is 4.79 Å². The van der Waals surface area contributed by atoms with Crippen LogP contribution in [0.4, 0.5) is 4.79 Å². The first-order chi connectivity index (χ1) is 9.22. The van der Waals surface area contributed by atoms with Gasteiger partial charge in [0.15, 0.2) is 5.65 Å². The second-order valence-electron chi connectivity index (χ2n) is 4.35. The van der Waals surface area contributed by atoms with Crippen molar-refractivity contribution in [2.45, 2.75) is 32.6 Å². The lowest BCUT2D eigenvalue weighted by atomic mass is 10.2. The smallest absolute Gasteiger partial charge is 0.336 e. The van der Waals surface area contributed by atoms with E-state index in [-0.39, 0.29) is 11.6 Å². The first kappa shape index (κ1) is 13.3. The van der Waals surface area contributed by atoms with E-state index in [0.717, 1.165) is 23.9 Å². The normalized spacial score (nSPS) is 10.8. The number of carbonyl (C=O) groups is 1. The molecule has 0 bridgehead atoms. The van der Waals surface area contributed by atoms with Crippen molar-refractivity contribution in [3.8, 4) is 0 Å². The Bertz CT molecular complexity index is 616. The van der Waals surface area contributed by atoms with Gasteiger partial charge in [0, 0.05) is 12.6 Å². The summed E-state index contributed by atoms with van der Waals surface area (Å²) in [5.74, 6) is 0. The quantitative estimate of drug-likeness (QED) is 0.794. The molecule has 2 rings (SSSR count). The monoisotopic (exact) mass is 263 g/mol. The van der Waals surface area contributed by atoms with Crippen LogP contribution in [0, 0.1) is 0 Å². The fraction of sp³-hybridized carbons (Fsp3) is 0.500. The van der Waals surface area contributed by atoms with Gasteiger partial charge in [0.1, 0.15) is 5.52 Å². The molecule has 2 aromatic rings. The maximum atomic E-state index is 11.9. The molecular weight excluding hydrogens is 246 g/mol. The Kier molecular flexibility index (Phi) is 4.27. The predicted molar refractivity (Wildman–Crippen MR) is 71.1 cm³/mol. The van der Waals surface area contributed by atoms with Crippen molar-refractivity contribution in [3.63, 3.8) is 0 Å². The van der Waals surface area contributed by atoms with Crippen molar-refractivity contribution >= 4 is 17.2 Å². The summed E-state index contributed by atoms with van der Waals surface area (Å²) in [4.78, 5) is 25.5. The molecule has 0 aliphatic rings. The van der Waals surface area contributed by atoms with Gasteiger partial charge in [-0.2, -0.15) is 4.68 Å². The summed E-state index contributed by atoms with van der Waals surface area (Å²) in [6, 6.07) is 2.55. The van der Waals surface area contributed by atoms with E-state index in [1.54, 1.807) is 0 Å². The highest BCUT2D eigenvalue weighted by Crippen LogP contribution is 2.04. The fourth-order valence-corrected chi connectivity index (χ4v) is 1.81. The minimum Gasteiger partial charge on any atom is -0.336 e. The van der Waals surface area contributed by atoms with Gasteiger partial charge in [0.2, 0.25) is 5.56 Å². The van der Waals surface area contributed by atoms with Crippen LogP contribution in [-0.2, 0) is 0 Å². The Morgan fingerprint density at radius 1 is 1.37 bits per heavy atom. The van der Waals surface area contributed by atoms with E-state index in [4.69, 9.17) is 0 Å². The molecule has 0 aliphatic carbocycles. The molecule has 0 aromatic carbocycles. The van der Waals surface area contributed by atoms with E-state index in [1.165, 1.54) is 18.6 Å². The predicted octanol–water partition coefficient (Wildman–Crippen LogP) is 1.26. The number of fused-ring (bicyclic) bond motifs is 1. The van der Waals surface area contributed by atoms with Gasteiger partial charge >= 0.3 is 6.03 Å². The summed E-state index contributed by atoms with van der Waals surface area (Å²) in [6.07, 6.45) is 4.38. The Hall–Kier alpha value is -2.18. The maximum Gasteiger partial charge on any atom is 0.344 e. The number of nitrogens with zero attached hydrogens (tertiary/aromatic N) is 3. The van der Waals surface area contributed by atoms with Crippen LogP contribution in [-0.4, -0.2) is 32.6 Å². The standard InChI is InChI=1S/C12H17N5O2/c1-2-3-4-5-8-13-12(19)17-9-6-7-10(18)14-11(9)15-16-17/h6-7H,2-5,8H2,1H3,(H,13,19)(H,14,18). The number of hydrogen-bond acceptors (Lipinski definition) is 4. The molecule has 0 fully saturated rings. The molecule has 0 spiro atoms. The number of hydrogen-bond donors (Lipinski definition) is 2. The third-order valence-corrected chi connectivity index (χ3v) is 2.84. The van der Waals surface area contributed by atoms with Gasteiger partial charge in [0.25, 0.3) is 0 Å². The Balaban J connectivity index is 1.99. The molecule has 0 unspecified atom stereocenters. The number of amides is 1. The summed E-state index contributed by atoms with van der Waals surface area (Å²) in [7, 11) is 0. The second-order valence-corrected chi connectivity index (χ2v) is 4.35. The molecule has 7 heteroatoms. The number of rotatable bonds is 5. The van der Waals surface area contributed by atoms with E-state index in [0.29, 0.717) is 17.7 Å². The van der Waals surface area contributed by atoms with Crippen LogP contribution < -0.4 is 10.9 Å². The molecule has 2 N–H and O–H groups in total. The number of nitrogens with one attached hydrogen (secondary N) is 2. The van der Waals surface area contributed by atoms with Gasteiger partial charge in [-0.05, 0) is 12.5 Å². The summed E-state index contributed by atoms with van der Waals surface area (Å²) in [6.45, 7) is 2.75. The maximum absolute atomic E-state index is 11.9. The lowest BCUT2D eigenvalue weighted by Gasteiger charge is -2.04. The van der Waals surface area contributed by atoms with Gasteiger partial charge < -0.3 is 10.3 Å². The van der Waals surface area contributed by atoms with Gasteiger partial charge in [0.05, 0.1) is 0 Å². The lowest BCUT2D eigenvalue weighted by molar-refractivity contribution is 0.239. The molecule has 2 aromatic heterocycles. The molecule has 0 saturated heterocycles. The Labute approximate surface area is 110 Å². The van der Waals surface area contributed by atoms with Gasteiger partial charge in [-0.1, -0.05) is 31.4 Å². The van der Waals surface area contributed by atoms with Crippen molar-refractivity contribution in [2.24, 2.45) is 0 Å². The third kappa shape index (κ3) is 3.18. The first-order valence-electron chi connectivity index (χ1n) is 6.45. The van der Waals surface area contributed by atoms with Crippen LogP contribution in [0.25, 0.3) is 11.2 Å². The SMILES string of the molecule is CCCCCCNC(=O)n1nnc2[nH]c(=O)ccc21. The van der Waals surface area contributed by atoms with E-state index < -0.39 is 0 Å². The van der Waals surface area contributed by atoms with Gasteiger partial charge in [-0.3, -0.25) is 4.79 Å². The average Bonchev–Trinajstić information content (AvgIpc) is 2.81. The van der Waals surface area contributed by atoms with Crippen LogP contribution in [0.15, 0.2) is 16.9 Å². The minimum atomic E-state index is -0.328.